The molecule has 0 aliphatic carbocycles. The lowest BCUT2D eigenvalue weighted by Gasteiger charge is -2.49. The van der Waals surface area contributed by atoms with Gasteiger partial charge in [0.05, 0.1) is 18.7 Å². The van der Waals surface area contributed by atoms with Gasteiger partial charge in [0, 0.05) is 31.7 Å². The molecule has 6 nitrogen and oxygen atoms in total. The van der Waals surface area contributed by atoms with Crippen LogP contribution in [0.4, 0.5) is 0 Å². The van der Waals surface area contributed by atoms with Crippen molar-refractivity contribution in [2.45, 2.75) is 25.4 Å². The average Bonchev–Trinajstić information content (AvgIpc) is 3.17. The Bertz CT molecular complexity index is 802. The minimum Gasteiger partial charge on any atom is -0.342 e. The number of hydrogen-bond donors (Lipinski definition) is 0. The van der Waals surface area contributed by atoms with Gasteiger partial charge in [-0.05, 0) is 25.3 Å². The molecule has 2 aromatic rings. The van der Waals surface area contributed by atoms with E-state index < -0.39 is 0 Å². The van der Waals surface area contributed by atoms with Gasteiger partial charge in [-0.25, -0.2) is 0 Å². The van der Waals surface area contributed by atoms with Gasteiger partial charge >= 0.3 is 0 Å². The summed E-state index contributed by atoms with van der Waals surface area (Å²) in [7, 11) is 1.87. The molecule has 0 radical (unpaired) electrons. The van der Waals surface area contributed by atoms with Crippen molar-refractivity contribution in [3.63, 3.8) is 0 Å². The van der Waals surface area contributed by atoms with E-state index in [2.05, 4.69) is 33.9 Å². The molecule has 4 atom stereocenters. The molecular weight excluding hydrogens is 338 g/mol. The van der Waals surface area contributed by atoms with E-state index in [-0.39, 0.29) is 11.8 Å². The van der Waals surface area contributed by atoms with Crippen molar-refractivity contribution in [2.24, 2.45) is 11.8 Å². The van der Waals surface area contributed by atoms with Crippen LogP contribution in [0.2, 0.25) is 0 Å². The van der Waals surface area contributed by atoms with E-state index >= 15 is 0 Å². The van der Waals surface area contributed by atoms with Gasteiger partial charge in [0.15, 0.2) is 0 Å². The molecule has 1 aromatic carbocycles. The van der Waals surface area contributed by atoms with Crippen molar-refractivity contribution in [2.75, 3.05) is 26.7 Å². The lowest BCUT2D eigenvalue weighted by atomic mass is 9.75. The van der Waals surface area contributed by atoms with Gasteiger partial charge in [-0.15, -0.1) is 11.7 Å². The fraction of sp³-hybridized carbons (Fsp3) is 0.476. The first-order chi connectivity index (χ1) is 13.2. The number of nitrogens with zero attached hydrogens (tertiary/aromatic N) is 5. The van der Waals surface area contributed by atoms with Crippen LogP contribution in [-0.2, 0) is 11.3 Å². The molecule has 27 heavy (non-hydrogen) atoms. The average molecular weight is 365 g/mol. The molecule has 142 valence electrons. The van der Waals surface area contributed by atoms with Crippen molar-refractivity contribution in [3.05, 3.63) is 49.2 Å². The van der Waals surface area contributed by atoms with E-state index in [1.54, 1.807) is 11.0 Å². The molecule has 3 saturated heterocycles. The summed E-state index contributed by atoms with van der Waals surface area (Å²) < 4.78 is 1.95. The molecule has 3 aliphatic heterocycles. The first-order valence-corrected chi connectivity index (χ1v) is 9.71. The maximum Gasteiger partial charge on any atom is 0.227 e. The van der Waals surface area contributed by atoms with E-state index in [1.807, 2.05) is 36.1 Å². The van der Waals surface area contributed by atoms with Crippen LogP contribution in [0.3, 0.4) is 0 Å². The lowest BCUT2D eigenvalue weighted by molar-refractivity contribution is -0.142. The van der Waals surface area contributed by atoms with Gasteiger partial charge in [-0.1, -0.05) is 41.6 Å². The van der Waals surface area contributed by atoms with Gasteiger partial charge < -0.3 is 4.90 Å². The van der Waals surface area contributed by atoms with E-state index in [9.17, 15) is 4.79 Å². The van der Waals surface area contributed by atoms with Gasteiger partial charge in [0.2, 0.25) is 5.91 Å². The molecule has 0 saturated carbocycles. The summed E-state index contributed by atoms with van der Waals surface area (Å²) in [5.41, 5.74) is 2.00. The lowest BCUT2D eigenvalue weighted by Crippen LogP contribution is -2.58. The van der Waals surface area contributed by atoms with E-state index in [0.29, 0.717) is 18.5 Å². The zero-order valence-electron chi connectivity index (χ0n) is 15.9. The van der Waals surface area contributed by atoms with Crippen LogP contribution >= 0.6 is 0 Å². The highest BCUT2D eigenvalue weighted by atomic mass is 16.2. The Morgan fingerprint density at radius 3 is 2.89 bits per heavy atom. The minimum atomic E-state index is 0.121. The molecule has 4 heterocycles. The zero-order valence-corrected chi connectivity index (χ0v) is 15.9. The molecule has 2 bridgehead atoms. The summed E-state index contributed by atoms with van der Waals surface area (Å²) in [5.74, 6) is 0.850. The topological polar surface area (TPSA) is 54.3 Å². The van der Waals surface area contributed by atoms with Crippen LogP contribution in [0.25, 0.3) is 11.3 Å². The van der Waals surface area contributed by atoms with Crippen LogP contribution in [0, 0.1) is 11.8 Å². The minimum absolute atomic E-state index is 0.121. The second-order valence-corrected chi connectivity index (χ2v) is 7.74. The van der Waals surface area contributed by atoms with Crippen molar-refractivity contribution in [3.8, 4) is 11.3 Å². The second-order valence-electron chi connectivity index (χ2n) is 7.74. The Labute approximate surface area is 160 Å². The standard InChI is InChI=1S/C21H27N5O/c1-3-10-24(2)21(27)19-14-25-11-9-17(19)12-18(25)13-26-15-20(22-23-26)16-7-5-4-6-8-16/h3-8,15,17-19H,1,9-14H2,2H3/t17?,18-,19+/m1/s1. The monoisotopic (exact) mass is 365 g/mol. The largest absolute Gasteiger partial charge is 0.342 e. The first kappa shape index (κ1) is 17.9. The quantitative estimate of drug-likeness (QED) is 0.737. The summed E-state index contributed by atoms with van der Waals surface area (Å²) in [6.45, 7) is 7.12. The number of hydrogen-bond acceptors (Lipinski definition) is 4. The van der Waals surface area contributed by atoms with Crippen molar-refractivity contribution in [1.82, 2.24) is 24.8 Å². The number of carbonyl (C=O) groups is 1. The fourth-order valence-electron chi connectivity index (χ4n) is 4.52. The highest BCUT2D eigenvalue weighted by Gasteiger charge is 2.43. The second kappa shape index (κ2) is 7.64. The van der Waals surface area contributed by atoms with Crippen LogP contribution in [0.1, 0.15) is 12.8 Å². The molecule has 1 amide bonds. The van der Waals surface area contributed by atoms with Crippen molar-refractivity contribution >= 4 is 5.91 Å². The molecule has 3 aliphatic rings. The smallest absolute Gasteiger partial charge is 0.227 e. The molecule has 2 unspecified atom stereocenters. The number of fused-ring (bicyclic) bond motifs is 3. The molecule has 3 fully saturated rings. The molecule has 0 spiro atoms. The predicted octanol–water partition coefficient (Wildman–Crippen LogP) is 2.30. The van der Waals surface area contributed by atoms with Crippen molar-refractivity contribution in [1.29, 1.82) is 0 Å². The SMILES string of the molecule is C=CCN(C)C(=O)[C@H]1CN2CCC1C[C@@H]2Cn1cc(-c2ccccc2)nn1. The summed E-state index contributed by atoms with van der Waals surface area (Å²) in [5, 5.41) is 8.66. The molecular formula is C21H27N5O. The Morgan fingerprint density at radius 2 is 2.19 bits per heavy atom. The maximum absolute atomic E-state index is 12.7. The number of carbonyl (C=O) groups excluding carboxylic acids is 1. The Balaban J connectivity index is 1.41. The fourth-order valence-corrected chi connectivity index (χ4v) is 4.52. The number of piperidine rings is 3. The van der Waals surface area contributed by atoms with Crippen molar-refractivity contribution < 1.29 is 4.79 Å². The highest BCUT2D eigenvalue weighted by molar-refractivity contribution is 5.79. The first-order valence-electron chi connectivity index (χ1n) is 9.71. The van der Waals surface area contributed by atoms with Gasteiger partial charge in [-0.2, -0.15) is 0 Å². The van der Waals surface area contributed by atoms with Gasteiger partial charge in [-0.3, -0.25) is 14.4 Å². The Morgan fingerprint density at radius 1 is 1.37 bits per heavy atom. The summed E-state index contributed by atoms with van der Waals surface area (Å²) in [6, 6.07) is 10.6. The van der Waals surface area contributed by atoms with Crippen LogP contribution < -0.4 is 0 Å². The van der Waals surface area contributed by atoms with Crippen LogP contribution in [0.15, 0.2) is 49.2 Å². The number of benzene rings is 1. The van der Waals surface area contributed by atoms with E-state index in [0.717, 1.165) is 43.7 Å². The molecule has 5 rings (SSSR count). The number of amides is 1. The number of likely N-dealkylation sites (N-methyl/N-ethyl adjacent to an activating group) is 1. The third-order valence-electron chi connectivity index (χ3n) is 5.98. The Kier molecular flexibility index (Phi) is 5.07. The van der Waals surface area contributed by atoms with Crippen LogP contribution in [0.5, 0.6) is 0 Å². The summed E-state index contributed by atoms with van der Waals surface area (Å²) in [4.78, 5) is 17.0. The van der Waals surface area contributed by atoms with Crippen LogP contribution in [-0.4, -0.2) is 63.4 Å². The number of rotatable bonds is 6. The third-order valence-corrected chi connectivity index (χ3v) is 5.98. The normalized spacial score (nSPS) is 26.7. The van der Waals surface area contributed by atoms with Gasteiger partial charge in [0.1, 0.15) is 5.69 Å². The van der Waals surface area contributed by atoms with E-state index in [1.165, 1.54) is 0 Å². The predicted molar refractivity (Wildman–Crippen MR) is 105 cm³/mol. The maximum atomic E-state index is 12.7. The highest BCUT2D eigenvalue weighted by Crippen LogP contribution is 2.37. The summed E-state index contributed by atoms with van der Waals surface area (Å²) >= 11 is 0. The van der Waals surface area contributed by atoms with Gasteiger partial charge in [0.25, 0.3) is 0 Å². The summed E-state index contributed by atoms with van der Waals surface area (Å²) in [6.07, 6.45) is 5.98. The zero-order chi connectivity index (χ0) is 18.8. The molecule has 6 heteroatoms. The third kappa shape index (κ3) is 3.67. The number of aromatic nitrogens is 3. The molecule has 1 aromatic heterocycles. The molecule has 0 N–H and O–H groups in total. The van der Waals surface area contributed by atoms with E-state index in [4.69, 9.17) is 0 Å². The Hall–Kier alpha value is -2.47.